The Morgan fingerprint density at radius 2 is 1.80 bits per heavy atom. The Labute approximate surface area is 150 Å². The summed E-state index contributed by atoms with van der Waals surface area (Å²) in [6.45, 7) is 8.56. The quantitative estimate of drug-likeness (QED) is 0.868. The van der Waals surface area contributed by atoms with E-state index in [0.717, 1.165) is 36.9 Å². The predicted molar refractivity (Wildman–Crippen MR) is 98.8 cm³/mol. The SMILES string of the molecule is CC(C)(C)c1ccccc1NC(=O)NCC1CCC2(CC1)OCCO2. The first-order valence-electron chi connectivity index (χ1n) is 9.30. The number of benzene rings is 1. The largest absolute Gasteiger partial charge is 0.348 e. The molecule has 0 aromatic heterocycles. The van der Waals surface area contributed by atoms with Crippen LogP contribution in [0.4, 0.5) is 10.5 Å². The molecule has 2 fully saturated rings. The molecule has 2 amide bonds. The van der Waals surface area contributed by atoms with Gasteiger partial charge in [-0.05, 0) is 35.8 Å². The van der Waals surface area contributed by atoms with E-state index < -0.39 is 0 Å². The highest BCUT2D eigenvalue weighted by Crippen LogP contribution is 2.38. The Bertz CT molecular complexity index is 593. The molecule has 1 aliphatic carbocycles. The van der Waals surface area contributed by atoms with E-state index in [0.29, 0.717) is 25.7 Å². The molecule has 3 rings (SSSR count). The van der Waals surface area contributed by atoms with Crippen LogP contribution in [0.2, 0.25) is 0 Å². The molecule has 1 saturated heterocycles. The van der Waals surface area contributed by atoms with E-state index in [-0.39, 0.29) is 17.2 Å². The summed E-state index contributed by atoms with van der Waals surface area (Å²) in [5.74, 6) is 0.159. The van der Waals surface area contributed by atoms with Crippen molar-refractivity contribution >= 4 is 11.7 Å². The molecule has 1 aliphatic heterocycles. The highest BCUT2D eigenvalue weighted by Gasteiger charge is 2.40. The number of carbonyl (C=O) groups excluding carboxylic acids is 1. The maximum absolute atomic E-state index is 12.3. The molecule has 2 aliphatic rings. The summed E-state index contributed by atoms with van der Waals surface area (Å²) in [4.78, 5) is 12.3. The van der Waals surface area contributed by atoms with Gasteiger partial charge in [0.05, 0.1) is 13.2 Å². The second-order valence-corrected chi connectivity index (χ2v) is 8.18. The summed E-state index contributed by atoms with van der Waals surface area (Å²) in [5, 5.41) is 6.03. The zero-order valence-corrected chi connectivity index (χ0v) is 15.6. The highest BCUT2D eigenvalue weighted by molar-refractivity contribution is 5.90. The third-order valence-electron chi connectivity index (χ3n) is 5.22. The van der Waals surface area contributed by atoms with E-state index >= 15 is 0 Å². The third kappa shape index (κ3) is 4.53. The van der Waals surface area contributed by atoms with Crippen molar-refractivity contribution < 1.29 is 14.3 Å². The summed E-state index contributed by atoms with van der Waals surface area (Å²) in [6, 6.07) is 7.85. The smallest absolute Gasteiger partial charge is 0.319 e. The third-order valence-corrected chi connectivity index (χ3v) is 5.22. The van der Waals surface area contributed by atoms with Crippen molar-refractivity contribution in [2.75, 3.05) is 25.1 Å². The lowest BCUT2D eigenvalue weighted by Gasteiger charge is -2.35. The van der Waals surface area contributed by atoms with Gasteiger partial charge in [-0.3, -0.25) is 0 Å². The van der Waals surface area contributed by atoms with Crippen LogP contribution in [0.1, 0.15) is 52.0 Å². The van der Waals surface area contributed by atoms with Gasteiger partial charge in [0.15, 0.2) is 5.79 Å². The summed E-state index contributed by atoms with van der Waals surface area (Å²) >= 11 is 0. The number of nitrogens with one attached hydrogen (secondary N) is 2. The van der Waals surface area contributed by atoms with E-state index in [1.807, 2.05) is 18.2 Å². The molecule has 1 spiro atoms. The topological polar surface area (TPSA) is 59.6 Å². The monoisotopic (exact) mass is 346 g/mol. The van der Waals surface area contributed by atoms with Crippen LogP contribution in [0.25, 0.3) is 0 Å². The average Bonchev–Trinajstić information content (AvgIpc) is 3.02. The molecular weight excluding hydrogens is 316 g/mol. The summed E-state index contributed by atoms with van der Waals surface area (Å²) in [7, 11) is 0. The molecule has 0 radical (unpaired) electrons. The van der Waals surface area contributed by atoms with Gasteiger partial charge < -0.3 is 20.1 Å². The predicted octanol–water partition coefficient (Wildman–Crippen LogP) is 4.04. The maximum atomic E-state index is 12.3. The first-order chi connectivity index (χ1) is 11.9. The number of anilines is 1. The minimum Gasteiger partial charge on any atom is -0.348 e. The number of hydrogen-bond acceptors (Lipinski definition) is 3. The number of para-hydroxylation sites is 1. The molecule has 0 atom stereocenters. The molecule has 138 valence electrons. The van der Waals surface area contributed by atoms with Gasteiger partial charge in [-0.1, -0.05) is 39.0 Å². The van der Waals surface area contributed by atoms with Crippen LogP contribution in [0.15, 0.2) is 24.3 Å². The molecule has 1 saturated carbocycles. The summed E-state index contributed by atoms with van der Waals surface area (Å²) in [6.07, 6.45) is 3.90. The first kappa shape index (κ1) is 18.2. The molecule has 1 heterocycles. The molecule has 0 unspecified atom stereocenters. The lowest BCUT2D eigenvalue weighted by molar-refractivity contribution is -0.182. The fraction of sp³-hybridized carbons (Fsp3) is 0.650. The minimum atomic E-state index is -0.329. The Hall–Kier alpha value is -1.59. The molecule has 1 aromatic carbocycles. The Kier molecular flexibility index (Phi) is 5.35. The lowest BCUT2D eigenvalue weighted by atomic mass is 9.85. The zero-order valence-electron chi connectivity index (χ0n) is 15.6. The van der Waals surface area contributed by atoms with Gasteiger partial charge in [0.2, 0.25) is 0 Å². The van der Waals surface area contributed by atoms with Crippen LogP contribution in [0, 0.1) is 5.92 Å². The van der Waals surface area contributed by atoms with Gasteiger partial charge in [-0.15, -0.1) is 0 Å². The Morgan fingerprint density at radius 3 is 2.44 bits per heavy atom. The normalized spacial score (nSPS) is 20.6. The number of hydrogen-bond donors (Lipinski definition) is 2. The van der Waals surface area contributed by atoms with E-state index in [1.54, 1.807) is 0 Å². The van der Waals surface area contributed by atoms with Crippen molar-refractivity contribution in [3.63, 3.8) is 0 Å². The van der Waals surface area contributed by atoms with Gasteiger partial charge >= 0.3 is 6.03 Å². The second kappa shape index (κ2) is 7.34. The molecule has 2 N–H and O–H groups in total. The first-order valence-corrected chi connectivity index (χ1v) is 9.30. The minimum absolute atomic E-state index is 0.0111. The highest BCUT2D eigenvalue weighted by atomic mass is 16.7. The van der Waals surface area contributed by atoms with Gasteiger partial charge in [0, 0.05) is 25.1 Å². The van der Waals surface area contributed by atoms with Gasteiger partial charge in [-0.25, -0.2) is 4.79 Å². The zero-order chi connectivity index (χ0) is 17.9. The Balaban J connectivity index is 1.48. The maximum Gasteiger partial charge on any atom is 0.319 e. The van der Waals surface area contributed by atoms with Crippen molar-refractivity contribution in [2.24, 2.45) is 5.92 Å². The fourth-order valence-electron chi connectivity index (χ4n) is 3.76. The Morgan fingerprint density at radius 1 is 1.16 bits per heavy atom. The van der Waals surface area contributed by atoms with Crippen molar-refractivity contribution in [1.82, 2.24) is 5.32 Å². The second-order valence-electron chi connectivity index (χ2n) is 8.18. The molecule has 25 heavy (non-hydrogen) atoms. The number of amides is 2. The molecule has 5 nitrogen and oxygen atoms in total. The summed E-state index contributed by atoms with van der Waals surface area (Å²) < 4.78 is 11.5. The van der Waals surface area contributed by atoms with Crippen LogP contribution in [0.3, 0.4) is 0 Å². The van der Waals surface area contributed by atoms with E-state index in [1.165, 1.54) is 0 Å². The molecular formula is C20H30N2O3. The number of ether oxygens (including phenoxy) is 2. The lowest BCUT2D eigenvalue weighted by Crippen LogP contribution is -2.39. The van der Waals surface area contributed by atoms with Gasteiger partial charge in [0.1, 0.15) is 0 Å². The van der Waals surface area contributed by atoms with Crippen molar-refractivity contribution in [1.29, 1.82) is 0 Å². The number of carbonyl (C=O) groups is 1. The van der Waals surface area contributed by atoms with E-state index in [2.05, 4.69) is 37.5 Å². The number of urea groups is 1. The van der Waals surface area contributed by atoms with Crippen LogP contribution in [0.5, 0.6) is 0 Å². The molecule has 5 heteroatoms. The van der Waals surface area contributed by atoms with E-state index in [9.17, 15) is 4.79 Å². The van der Waals surface area contributed by atoms with Crippen molar-refractivity contribution in [3.05, 3.63) is 29.8 Å². The van der Waals surface area contributed by atoms with Crippen LogP contribution in [-0.4, -0.2) is 31.6 Å². The van der Waals surface area contributed by atoms with Crippen molar-refractivity contribution in [3.8, 4) is 0 Å². The average molecular weight is 346 g/mol. The van der Waals surface area contributed by atoms with E-state index in [4.69, 9.17) is 9.47 Å². The number of rotatable bonds is 3. The van der Waals surface area contributed by atoms with Crippen LogP contribution in [-0.2, 0) is 14.9 Å². The molecule has 1 aromatic rings. The fourth-order valence-corrected chi connectivity index (χ4v) is 3.76. The van der Waals surface area contributed by atoms with Crippen molar-refractivity contribution in [2.45, 2.75) is 57.7 Å². The van der Waals surface area contributed by atoms with Gasteiger partial charge in [-0.2, -0.15) is 0 Å². The molecule has 0 bridgehead atoms. The van der Waals surface area contributed by atoms with Crippen LogP contribution < -0.4 is 10.6 Å². The standard InChI is InChI=1S/C20H30N2O3/c1-19(2,3)16-6-4-5-7-17(16)22-18(23)21-14-15-8-10-20(11-9-15)24-12-13-25-20/h4-7,15H,8-14H2,1-3H3,(H2,21,22,23). The van der Waals surface area contributed by atoms with Crippen LogP contribution >= 0.6 is 0 Å². The summed E-state index contributed by atoms with van der Waals surface area (Å²) in [5.41, 5.74) is 2.01. The van der Waals surface area contributed by atoms with Gasteiger partial charge in [0.25, 0.3) is 0 Å².